The van der Waals surface area contributed by atoms with E-state index in [-0.39, 0.29) is 5.69 Å². The van der Waals surface area contributed by atoms with E-state index >= 15 is 0 Å². The minimum Gasteiger partial charge on any atom is -0.617 e. The van der Waals surface area contributed by atoms with E-state index in [4.69, 9.17) is 5.11 Å². The first-order chi connectivity index (χ1) is 6.11. The first-order valence-electron chi connectivity index (χ1n) is 3.66. The Morgan fingerprint density at radius 1 is 1.85 bits per heavy atom. The van der Waals surface area contributed by atoms with E-state index in [9.17, 15) is 9.35 Å². The summed E-state index contributed by atoms with van der Waals surface area (Å²) in [5, 5.41) is 12.5. The van der Waals surface area contributed by atoms with Gasteiger partial charge in [-0.1, -0.05) is 11.2 Å². The van der Waals surface area contributed by atoms with Gasteiger partial charge in [-0.05, 0) is 6.07 Å². The van der Waals surface area contributed by atoms with E-state index < -0.39 is 17.1 Å². The Labute approximate surface area is 78.5 Å². The van der Waals surface area contributed by atoms with Gasteiger partial charge >= 0.3 is 5.97 Å². The number of hydrogen-bond acceptors (Lipinski definition) is 3. The fourth-order valence-electron chi connectivity index (χ4n) is 0.908. The van der Waals surface area contributed by atoms with Gasteiger partial charge in [-0.2, -0.15) is 5.10 Å². The van der Waals surface area contributed by atoms with Crippen LogP contribution in [0.2, 0.25) is 0 Å². The minimum atomic E-state index is -1.01. The van der Waals surface area contributed by atoms with Crippen LogP contribution in [-0.2, 0) is 17.7 Å². The van der Waals surface area contributed by atoms with Crippen LogP contribution in [0, 0.1) is 0 Å². The molecule has 0 aliphatic heterocycles. The maximum atomic E-state index is 10.7. The van der Waals surface area contributed by atoms with E-state index in [0.29, 0.717) is 12.3 Å². The van der Waals surface area contributed by atoms with Crippen LogP contribution in [0.25, 0.3) is 0 Å². The number of aryl methyl sites for hydroxylation is 1. The molecular weight excluding hydrogens is 192 g/mol. The van der Waals surface area contributed by atoms with Gasteiger partial charge in [0.1, 0.15) is 11.4 Å². The lowest BCUT2D eigenvalue weighted by molar-refractivity contribution is 0.0683. The van der Waals surface area contributed by atoms with Crippen LogP contribution in [-0.4, -0.2) is 37.4 Å². The second kappa shape index (κ2) is 4.29. The van der Waals surface area contributed by atoms with Crippen LogP contribution in [0.3, 0.4) is 0 Å². The highest BCUT2D eigenvalue weighted by Gasteiger charge is 2.10. The van der Waals surface area contributed by atoms with Gasteiger partial charge in [-0.15, -0.1) is 0 Å². The number of aromatic carboxylic acids is 1. The Morgan fingerprint density at radius 3 is 3.08 bits per heavy atom. The molecule has 13 heavy (non-hydrogen) atoms. The lowest BCUT2D eigenvalue weighted by atomic mass is 10.4. The fourth-order valence-corrected chi connectivity index (χ4v) is 1.34. The molecule has 1 atom stereocenters. The molecule has 0 fully saturated rings. The molecule has 6 heteroatoms. The van der Waals surface area contributed by atoms with Gasteiger partial charge in [0.25, 0.3) is 0 Å². The van der Waals surface area contributed by atoms with Crippen molar-refractivity contribution < 1.29 is 14.5 Å². The lowest BCUT2D eigenvalue weighted by Gasteiger charge is -2.05. The molecule has 72 valence electrons. The van der Waals surface area contributed by atoms with Crippen LogP contribution in [0.1, 0.15) is 10.5 Å². The van der Waals surface area contributed by atoms with E-state index in [1.807, 2.05) is 0 Å². The highest BCUT2D eigenvalue weighted by atomic mass is 32.2. The van der Waals surface area contributed by atoms with Crippen molar-refractivity contribution in [2.24, 2.45) is 0 Å². The molecule has 0 aliphatic rings. The predicted molar refractivity (Wildman–Crippen MR) is 48.1 cm³/mol. The Hall–Kier alpha value is -1.01. The minimum absolute atomic E-state index is 0.130. The van der Waals surface area contributed by atoms with Gasteiger partial charge in [-0.25, -0.2) is 4.79 Å². The first kappa shape index (κ1) is 10.1. The maximum absolute atomic E-state index is 10.7. The number of rotatable bonds is 4. The van der Waals surface area contributed by atoms with Crippen molar-refractivity contribution in [2.75, 3.05) is 12.0 Å². The maximum Gasteiger partial charge on any atom is 0.354 e. The molecule has 0 spiro atoms. The molecule has 0 amide bonds. The molecule has 1 aromatic rings. The highest BCUT2D eigenvalue weighted by Crippen LogP contribution is 1.99. The van der Waals surface area contributed by atoms with Crippen molar-refractivity contribution in [3.8, 4) is 0 Å². The van der Waals surface area contributed by atoms with Crippen LogP contribution >= 0.6 is 0 Å². The van der Waals surface area contributed by atoms with Crippen molar-refractivity contribution in [1.82, 2.24) is 9.78 Å². The number of carbonyl (C=O) groups is 1. The molecule has 0 bridgehead atoms. The van der Waals surface area contributed by atoms with Gasteiger partial charge in [-0.3, -0.25) is 4.68 Å². The number of hydrogen-bond donors (Lipinski definition) is 1. The fraction of sp³-hybridized carbons (Fsp3) is 0.429. The smallest absolute Gasteiger partial charge is 0.354 e. The van der Waals surface area contributed by atoms with Gasteiger partial charge < -0.3 is 9.66 Å². The Kier molecular flexibility index (Phi) is 3.32. The van der Waals surface area contributed by atoms with Gasteiger partial charge in [0, 0.05) is 6.20 Å². The quantitative estimate of drug-likeness (QED) is 0.695. The monoisotopic (exact) mass is 202 g/mol. The normalized spacial score (nSPS) is 12.8. The molecule has 0 saturated heterocycles. The third-order valence-electron chi connectivity index (χ3n) is 1.53. The summed E-state index contributed by atoms with van der Waals surface area (Å²) >= 11 is -0.925. The second-order valence-corrected chi connectivity index (χ2v) is 4.08. The van der Waals surface area contributed by atoms with Crippen LogP contribution in [0.4, 0.5) is 0 Å². The summed E-state index contributed by atoms with van der Waals surface area (Å²) in [6.45, 7) is 0.373. The number of carboxylic acids is 1. The van der Waals surface area contributed by atoms with Gasteiger partial charge in [0.15, 0.2) is 0 Å². The highest BCUT2D eigenvalue weighted by molar-refractivity contribution is 7.90. The third kappa shape index (κ3) is 2.74. The van der Waals surface area contributed by atoms with E-state index in [0.717, 1.165) is 0 Å². The molecule has 0 radical (unpaired) electrons. The van der Waals surface area contributed by atoms with E-state index in [1.54, 1.807) is 6.26 Å². The second-order valence-electron chi connectivity index (χ2n) is 2.52. The number of nitrogens with zero attached hydrogens (tertiary/aromatic N) is 2. The molecule has 0 saturated carbocycles. The number of carboxylic acid groups (broad SMARTS) is 1. The largest absolute Gasteiger partial charge is 0.617 e. The zero-order valence-electron chi connectivity index (χ0n) is 7.14. The number of aromatic nitrogens is 2. The molecule has 0 aliphatic carbocycles. The van der Waals surface area contributed by atoms with Crippen molar-refractivity contribution in [3.63, 3.8) is 0 Å². The predicted octanol–water partition coefficient (Wildman–Crippen LogP) is -0.0402. The summed E-state index contributed by atoms with van der Waals surface area (Å²) in [6.07, 6.45) is 2.99. The summed E-state index contributed by atoms with van der Waals surface area (Å²) in [4.78, 5) is 10.6. The zero-order valence-corrected chi connectivity index (χ0v) is 7.95. The molecule has 5 nitrogen and oxygen atoms in total. The first-order valence-corrected chi connectivity index (χ1v) is 5.39. The molecule has 1 rings (SSSR count). The Bertz CT molecular complexity index is 298. The van der Waals surface area contributed by atoms with E-state index in [2.05, 4.69) is 5.10 Å². The average Bonchev–Trinajstić information content (AvgIpc) is 2.47. The van der Waals surface area contributed by atoms with Gasteiger partial charge in [0.2, 0.25) is 0 Å². The molecule has 1 heterocycles. The summed E-state index contributed by atoms with van der Waals surface area (Å²) in [5.41, 5.74) is 0.130. The third-order valence-corrected chi connectivity index (χ3v) is 2.28. The van der Waals surface area contributed by atoms with Crippen molar-refractivity contribution in [3.05, 3.63) is 18.0 Å². The van der Waals surface area contributed by atoms with Crippen molar-refractivity contribution in [1.29, 1.82) is 0 Å². The van der Waals surface area contributed by atoms with Crippen LogP contribution in [0.15, 0.2) is 12.3 Å². The van der Waals surface area contributed by atoms with Gasteiger partial charge in [0.05, 0.1) is 12.8 Å². The Balaban J connectivity index is 2.65. The van der Waals surface area contributed by atoms with Crippen molar-refractivity contribution >= 4 is 17.1 Å². The molecular formula is C7H10N2O3S. The van der Waals surface area contributed by atoms with Crippen LogP contribution in [0.5, 0.6) is 0 Å². The topological polar surface area (TPSA) is 78.2 Å². The molecule has 0 aromatic carbocycles. The average molecular weight is 202 g/mol. The molecule has 1 unspecified atom stereocenters. The molecule has 1 N–H and O–H groups in total. The van der Waals surface area contributed by atoms with E-state index in [1.165, 1.54) is 16.9 Å². The Morgan fingerprint density at radius 2 is 2.54 bits per heavy atom. The summed E-state index contributed by atoms with van der Waals surface area (Å²) < 4.78 is 12.1. The van der Waals surface area contributed by atoms with Crippen LogP contribution < -0.4 is 0 Å². The lowest BCUT2D eigenvalue weighted by Crippen LogP contribution is -2.16. The summed E-state index contributed by atoms with van der Waals surface area (Å²) in [7, 11) is 0. The zero-order chi connectivity index (χ0) is 9.84. The summed E-state index contributed by atoms with van der Waals surface area (Å²) in [5.74, 6) is -0.596. The van der Waals surface area contributed by atoms with Crippen molar-refractivity contribution in [2.45, 2.75) is 6.54 Å². The SMILES string of the molecule is C[S+]([O-])CCn1nccc1C(=O)O. The summed E-state index contributed by atoms with van der Waals surface area (Å²) in [6, 6.07) is 1.42. The molecule has 1 aromatic heterocycles. The standard InChI is InChI=1S/C7H10N2O3S/c1-13(12)5-4-9-6(7(10)11)2-3-8-9/h2-3H,4-5H2,1H3,(H,10,11).